The molecule has 1 saturated carbocycles. The number of nitrogens with zero attached hydrogens (tertiary/aromatic N) is 1. The van der Waals surface area contributed by atoms with Crippen LogP contribution < -0.4 is 0 Å². The number of carbonyl (C=O) groups is 2. The Kier molecular flexibility index (Phi) is 5.65. The van der Waals surface area contributed by atoms with Crippen LogP contribution in [0.25, 0.3) is 0 Å². The monoisotopic (exact) mass is 437 g/mol. The number of hydrogen-bond donors (Lipinski definition) is 0. The van der Waals surface area contributed by atoms with E-state index in [0.717, 1.165) is 12.0 Å². The van der Waals surface area contributed by atoms with Crippen LogP contribution in [0.1, 0.15) is 40.7 Å². The summed E-state index contributed by atoms with van der Waals surface area (Å²) >= 11 is 0. The highest BCUT2D eigenvalue weighted by molar-refractivity contribution is 5.86. The lowest BCUT2D eigenvalue weighted by molar-refractivity contribution is -0.129. The molecular weight excluding hydrogens is 406 g/mol. The fourth-order valence-electron chi connectivity index (χ4n) is 6.14. The van der Waals surface area contributed by atoms with E-state index in [2.05, 4.69) is 62.4 Å². The predicted molar refractivity (Wildman–Crippen MR) is 131 cm³/mol. The van der Waals surface area contributed by atoms with Gasteiger partial charge in [-0.05, 0) is 37.0 Å². The van der Waals surface area contributed by atoms with Gasteiger partial charge in [0.2, 0.25) is 5.91 Å². The first-order valence-electron chi connectivity index (χ1n) is 12.0. The Morgan fingerprint density at radius 3 is 2.12 bits per heavy atom. The summed E-state index contributed by atoms with van der Waals surface area (Å²) < 4.78 is 0. The number of aryl methyl sites for hydroxylation is 2. The van der Waals surface area contributed by atoms with Gasteiger partial charge in [-0.1, -0.05) is 90.0 Å². The van der Waals surface area contributed by atoms with Crippen molar-refractivity contribution < 1.29 is 9.59 Å². The molecule has 3 aromatic rings. The average Bonchev–Trinajstić information content (AvgIpc) is 3.27. The molecular formula is C30H31NO2. The van der Waals surface area contributed by atoms with Gasteiger partial charge < -0.3 is 4.90 Å². The summed E-state index contributed by atoms with van der Waals surface area (Å²) in [4.78, 5) is 28.4. The molecule has 2 atom stereocenters. The molecule has 3 heteroatoms. The molecule has 5 rings (SSSR count). The van der Waals surface area contributed by atoms with Crippen molar-refractivity contribution in [3.8, 4) is 0 Å². The maximum Gasteiger partial charge on any atom is 0.227 e. The SMILES string of the molecule is Cc1cccc(C2(c3cccc(C)c3)CCC(=O)C3CN(C(=O)Cc4ccccc4)CC32)c1. The highest BCUT2D eigenvalue weighted by atomic mass is 16.2. The van der Waals surface area contributed by atoms with Gasteiger partial charge in [0, 0.05) is 36.8 Å². The summed E-state index contributed by atoms with van der Waals surface area (Å²) in [5.74, 6) is 0.401. The van der Waals surface area contributed by atoms with Crippen molar-refractivity contribution in [1.82, 2.24) is 4.90 Å². The van der Waals surface area contributed by atoms with E-state index in [1.165, 1.54) is 22.3 Å². The van der Waals surface area contributed by atoms with Crippen LogP contribution in [0.2, 0.25) is 0 Å². The molecule has 0 aromatic heterocycles. The van der Waals surface area contributed by atoms with Gasteiger partial charge in [0.25, 0.3) is 0 Å². The van der Waals surface area contributed by atoms with Gasteiger partial charge >= 0.3 is 0 Å². The van der Waals surface area contributed by atoms with Crippen LogP contribution in [-0.2, 0) is 21.4 Å². The van der Waals surface area contributed by atoms with Crippen molar-refractivity contribution in [2.75, 3.05) is 13.1 Å². The van der Waals surface area contributed by atoms with Crippen molar-refractivity contribution in [3.05, 3.63) is 107 Å². The van der Waals surface area contributed by atoms with E-state index in [1.807, 2.05) is 35.2 Å². The van der Waals surface area contributed by atoms with E-state index < -0.39 is 0 Å². The first-order valence-corrected chi connectivity index (χ1v) is 12.0. The van der Waals surface area contributed by atoms with Crippen molar-refractivity contribution in [1.29, 1.82) is 0 Å². The number of benzene rings is 3. The first kappa shape index (κ1) is 21.6. The number of likely N-dealkylation sites (tertiary alicyclic amines) is 1. The maximum absolute atomic E-state index is 13.3. The second-order valence-corrected chi connectivity index (χ2v) is 9.85. The second-order valence-electron chi connectivity index (χ2n) is 9.85. The highest BCUT2D eigenvalue weighted by Gasteiger charge is 2.55. The van der Waals surface area contributed by atoms with Crippen LogP contribution in [-0.4, -0.2) is 29.7 Å². The average molecular weight is 438 g/mol. The van der Waals surface area contributed by atoms with Gasteiger partial charge in [0.15, 0.2) is 0 Å². The van der Waals surface area contributed by atoms with Crippen LogP contribution in [0.15, 0.2) is 78.9 Å². The molecule has 3 aromatic carbocycles. The van der Waals surface area contributed by atoms with Crippen molar-refractivity contribution in [2.24, 2.45) is 11.8 Å². The van der Waals surface area contributed by atoms with E-state index in [0.29, 0.717) is 31.7 Å². The molecule has 0 spiro atoms. The highest BCUT2D eigenvalue weighted by Crippen LogP contribution is 2.52. The molecule has 1 saturated heterocycles. The molecule has 1 aliphatic heterocycles. The standard InChI is InChI=1S/C30H31NO2/c1-21-8-6-12-24(16-21)30(25-13-7-9-22(2)17-25)15-14-28(32)26-19-31(20-27(26)30)29(33)18-23-10-4-3-5-11-23/h3-13,16-17,26-27H,14-15,18-20H2,1-2H3. The summed E-state index contributed by atoms with van der Waals surface area (Å²) in [6.07, 6.45) is 1.74. The Labute approximate surface area is 196 Å². The minimum Gasteiger partial charge on any atom is -0.341 e. The summed E-state index contributed by atoms with van der Waals surface area (Å²) in [5, 5.41) is 0. The zero-order valence-corrected chi connectivity index (χ0v) is 19.5. The van der Waals surface area contributed by atoms with Crippen LogP contribution in [0.3, 0.4) is 0 Å². The molecule has 0 N–H and O–H groups in total. The van der Waals surface area contributed by atoms with Gasteiger partial charge in [0.05, 0.1) is 6.42 Å². The molecule has 0 bridgehead atoms. The predicted octanol–water partition coefficient (Wildman–Crippen LogP) is 5.27. The number of amides is 1. The summed E-state index contributed by atoms with van der Waals surface area (Å²) in [7, 11) is 0. The summed E-state index contributed by atoms with van der Waals surface area (Å²) in [6, 6.07) is 27.4. The van der Waals surface area contributed by atoms with Gasteiger partial charge in [-0.3, -0.25) is 9.59 Å². The zero-order valence-electron chi connectivity index (χ0n) is 19.5. The van der Waals surface area contributed by atoms with E-state index in [-0.39, 0.29) is 23.2 Å². The van der Waals surface area contributed by atoms with Crippen LogP contribution in [0.4, 0.5) is 0 Å². The van der Waals surface area contributed by atoms with Gasteiger partial charge in [-0.15, -0.1) is 0 Å². The molecule has 1 amide bonds. The number of hydrogen-bond acceptors (Lipinski definition) is 2. The first-order chi connectivity index (χ1) is 16.0. The Morgan fingerprint density at radius 1 is 0.879 bits per heavy atom. The lowest BCUT2D eigenvalue weighted by Crippen LogP contribution is -2.47. The molecule has 2 fully saturated rings. The third-order valence-corrected chi connectivity index (χ3v) is 7.75. The Morgan fingerprint density at radius 2 is 1.52 bits per heavy atom. The Balaban J connectivity index is 1.56. The normalized spacial score (nSPS) is 21.6. The maximum atomic E-state index is 13.3. The second kappa shape index (κ2) is 8.62. The quantitative estimate of drug-likeness (QED) is 0.558. The molecule has 1 heterocycles. The van der Waals surface area contributed by atoms with Crippen LogP contribution in [0.5, 0.6) is 0 Å². The van der Waals surface area contributed by atoms with E-state index in [9.17, 15) is 9.59 Å². The molecule has 0 radical (unpaired) electrons. The molecule has 3 nitrogen and oxygen atoms in total. The number of Topliss-reactive ketones (excluding diaryl/α,β-unsaturated/α-hetero) is 1. The topological polar surface area (TPSA) is 37.4 Å². The Hall–Kier alpha value is -3.20. The number of fused-ring (bicyclic) bond motifs is 1. The molecule has 2 unspecified atom stereocenters. The summed E-state index contributed by atoms with van der Waals surface area (Å²) in [5.41, 5.74) is 5.75. The third-order valence-electron chi connectivity index (χ3n) is 7.75. The Bertz CT molecular complexity index is 1140. The van der Waals surface area contributed by atoms with Crippen LogP contribution in [0, 0.1) is 25.7 Å². The van der Waals surface area contributed by atoms with Gasteiger partial charge in [0.1, 0.15) is 5.78 Å². The molecule has 33 heavy (non-hydrogen) atoms. The van der Waals surface area contributed by atoms with Gasteiger partial charge in [-0.25, -0.2) is 0 Å². The van der Waals surface area contributed by atoms with Crippen LogP contribution >= 0.6 is 0 Å². The van der Waals surface area contributed by atoms with E-state index in [4.69, 9.17) is 0 Å². The number of carbonyl (C=O) groups excluding carboxylic acids is 2. The number of rotatable bonds is 4. The lowest BCUT2D eigenvalue weighted by Gasteiger charge is -2.46. The fraction of sp³-hybridized carbons (Fsp3) is 0.333. The zero-order chi connectivity index (χ0) is 23.0. The fourth-order valence-corrected chi connectivity index (χ4v) is 6.14. The van der Waals surface area contributed by atoms with Crippen molar-refractivity contribution >= 4 is 11.7 Å². The van der Waals surface area contributed by atoms with E-state index >= 15 is 0 Å². The minimum absolute atomic E-state index is 0.0853. The smallest absolute Gasteiger partial charge is 0.227 e. The molecule has 168 valence electrons. The largest absolute Gasteiger partial charge is 0.341 e. The van der Waals surface area contributed by atoms with Crippen molar-refractivity contribution in [2.45, 2.75) is 38.5 Å². The van der Waals surface area contributed by atoms with Gasteiger partial charge in [-0.2, -0.15) is 0 Å². The minimum atomic E-state index is -0.265. The third kappa shape index (κ3) is 3.90. The van der Waals surface area contributed by atoms with Crippen molar-refractivity contribution in [3.63, 3.8) is 0 Å². The molecule has 1 aliphatic carbocycles. The summed E-state index contributed by atoms with van der Waals surface area (Å²) in [6.45, 7) is 5.42. The lowest BCUT2D eigenvalue weighted by atomic mass is 9.56. The number of ketones is 1. The van der Waals surface area contributed by atoms with E-state index in [1.54, 1.807) is 0 Å². The molecule has 2 aliphatic rings.